The summed E-state index contributed by atoms with van der Waals surface area (Å²) < 4.78 is 7.22. The summed E-state index contributed by atoms with van der Waals surface area (Å²) in [5.74, 6) is -0.114. The van der Waals surface area contributed by atoms with Gasteiger partial charge in [-0.2, -0.15) is 5.10 Å². The first-order chi connectivity index (χ1) is 13.3. The molecule has 1 unspecified atom stereocenters. The van der Waals surface area contributed by atoms with E-state index in [-0.39, 0.29) is 5.91 Å². The predicted molar refractivity (Wildman–Crippen MR) is 106 cm³/mol. The summed E-state index contributed by atoms with van der Waals surface area (Å²) in [6.45, 7) is 6.57. The Balaban J connectivity index is 1.49. The van der Waals surface area contributed by atoms with E-state index in [9.17, 15) is 9.59 Å². The maximum absolute atomic E-state index is 12.6. The SMILES string of the molecule is CC(C)(C)OC(=O)N1CCCC1C(=O)NCCc1ccc(-n2cccn2)cc1. The molecule has 1 aliphatic heterocycles. The van der Waals surface area contributed by atoms with E-state index in [1.54, 1.807) is 15.8 Å². The number of benzene rings is 1. The number of carbonyl (C=O) groups is 2. The van der Waals surface area contributed by atoms with Crippen molar-refractivity contribution in [3.05, 3.63) is 48.3 Å². The molecule has 1 aromatic carbocycles. The molecule has 150 valence electrons. The number of amides is 2. The second-order valence-corrected chi connectivity index (χ2v) is 7.99. The van der Waals surface area contributed by atoms with E-state index in [4.69, 9.17) is 4.74 Å². The van der Waals surface area contributed by atoms with Crippen molar-refractivity contribution in [2.45, 2.75) is 51.7 Å². The molecular weight excluding hydrogens is 356 g/mol. The van der Waals surface area contributed by atoms with Gasteiger partial charge in [-0.1, -0.05) is 12.1 Å². The van der Waals surface area contributed by atoms with E-state index < -0.39 is 17.7 Å². The molecule has 1 aliphatic rings. The Morgan fingerprint density at radius 1 is 1.25 bits per heavy atom. The van der Waals surface area contributed by atoms with Gasteiger partial charge in [0.15, 0.2) is 0 Å². The van der Waals surface area contributed by atoms with Crippen molar-refractivity contribution in [3.63, 3.8) is 0 Å². The van der Waals surface area contributed by atoms with Crippen LogP contribution in [-0.2, 0) is 16.0 Å². The van der Waals surface area contributed by atoms with Crippen LogP contribution in [0.3, 0.4) is 0 Å². The smallest absolute Gasteiger partial charge is 0.410 e. The van der Waals surface area contributed by atoms with Crippen LogP contribution in [0.5, 0.6) is 0 Å². The lowest BCUT2D eigenvalue weighted by molar-refractivity contribution is -0.125. The molecule has 0 spiro atoms. The van der Waals surface area contributed by atoms with Crippen LogP contribution >= 0.6 is 0 Å². The number of hydrogen-bond acceptors (Lipinski definition) is 4. The van der Waals surface area contributed by atoms with Crippen LogP contribution in [0.25, 0.3) is 5.69 Å². The topological polar surface area (TPSA) is 76.5 Å². The Kier molecular flexibility index (Phi) is 6.02. The van der Waals surface area contributed by atoms with E-state index in [2.05, 4.69) is 10.4 Å². The maximum atomic E-state index is 12.6. The molecule has 1 N–H and O–H groups in total. The zero-order valence-electron chi connectivity index (χ0n) is 16.7. The molecular formula is C21H28N4O3. The third-order valence-electron chi connectivity index (χ3n) is 4.60. The van der Waals surface area contributed by atoms with Crippen molar-refractivity contribution in [3.8, 4) is 5.69 Å². The average Bonchev–Trinajstić information content (AvgIpc) is 3.33. The number of nitrogens with zero attached hydrogens (tertiary/aromatic N) is 3. The standard InChI is InChI=1S/C21H28N4O3/c1-21(2,3)28-20(27)24-14-4-6-18(24)19(26)22-13-11-16-7-9-17(10-8-16)25-15-5-12-23-25/h5,7-10,12,15,18H,4,6,11,13-14H2,1-3H3,(H,22,26). The lowest BCUT2D eigenvalue weighted by atomic mass is 10.1. The highest BCUT2D eigenvalue weighted by Gasteiger charge is 2.36. The Bertz CT molecular complexity index is 794. The van der Waals surface area contributed by atoms with Gasteiger partial charge in [-0.05, 0) is 63.8 Å². The predicted octanol–water partition coefficient (Wildman–Crippen LogP) is 2.93. The second kappa shape index (κ2) is 8.46. The van der Waals surface area contributed by atoms with Crippen molar-refractivity contribution < 1.29 is 14.3 Å². The van der Waals surface area contributed by atoms with Crippen LogP contribution in [0.1, 0.15) is 39.2 Å². The van der Waals surface area contributed by atoms with Gasteiger partial charge in [0, 0.05) is 25.5 Å². The minimum absolute atomic E-state index is 0.114. The van der Waals surface area contributed by atoms with Gasteiger partial charge >= 0.3 is 6.09 Å². The third kappa shape index (κ3) is 5.12. The van der Waals surface area contributed by atoms with Crippen LogP contribution in [-0.4, -0.2) is 51.4 Å². The fourth-order valence-electron chi connectivity index (χ4n) is 3.26. The zero-order valence-corrected chi connectivity index (χ0v) is 16.7. The molecule has 2 aromatic rings. The molecule has 1 fully saturated rings. The zero-order chi connectivity index (χ0) is 20.1. The first kappa shape index (κ1) is 19.9. The highest BCUT2D eigenvalue weighted by atomic mass is 16.6. The van der Waals surface area contributed by atoms with E-state index in [1.807, 2.05) is 57.3 Å². The Morgan fingerprint density at radius 3 is 2.64 bits per heavy atom. The van der Waals surface area contributed by atoms with Crippen molar-refractivity contribution in [1.29, 1.82) is 0 Å². The van der Waals surface area contributed by atoms with E-state index in [0.29, 0.717) is 19.5 Å². The molecule has 0 radical (unpaired) electrons. The van der Waals surface area contributed by atoms with E-state index in [1.165, 1.54) is 0 Å². The van der Waals surface area contributed by atoms with Crippen molar-refractivity contribution in [2.24, 2.45) is 0 Å². The third-order valence-corrected chi connectivity index (χ3v) is 4.60. The molecule has 3 rings (SSSR count). The Hall–Kier alpha value is -2.83. The van der Waals surface area contributed by atoms with Gasteiger partial charge in [0.05, 0.1) is 5.69 Å². The minimum Gasteiger partial charge on any atom is -0.444 e. The maximum Gasteiger partial charge on any atom is 0.410 e. The van der Waals surface area contributed by atoms with E-state index >= 15 is 0 Å². The molecule has 2 heterocycles. The van der Waals surface area contributed by atoms with Gasteiger partial charge in [-0.25, -0.2) is 9.48 Å². The highest BCUT2D eigenvalue weighted by molar-refractivity contribution is 5.86. The fourth-order valence-corrected chi connectivity index (χ4v) is 3.26. The van der Waals surface area contributed by atoms with Crippen molar-refractivity contribution in [2.75, 3.05) is 13.1 Å². The number of carbonyl (C=O) groups excluding carboxylic acids is 2. The van der Waals surface area contributed by atoms with Gasteiger partial charge in [0.1, 0.15) is 11.6 Å². The number of aromatic nitrogens is 2. The molecule has 1 saturated heterocycles. The average molecular weight is 384 g/mol. The summed E-state index contributed by atoms with van der Waals surface area (Å²) >= 11 is 0. The van der Waals surface area contributed by atoms with Crippen molar-refractivity contribution in [1.82, 2.24) is 20.0 Å². The van der Waals surface area contributed by atoms with Crippen LogP contribution < -0.4 is 5.32 Å². The lowest BCUT2D eigenvalue weighted by Gasteiger charge is -2.28. The van der Waals surface area contributed by atoms with Gasteiger partial charge in [-0.15, -0.1) is 0 Å². The summed E-state index contributed by atoms with van der Waals surface area (Å²) in [4.78, 5) is 26.4. The summed E-state index contributed by atoms with van der Waals surface area (Å²) in [6.07, 6.45) is 5.43. The quantitative estimate of drug-likeness (QED) is 0.860. The first-order valence-corrected chi connectivity index (χ1v) is 9.70. The monoisotopic (exact) mass is 384 g/mol. The van der Waals surface area contributed by atoms with Gasteiger partial charge in [0.25, 0.3) is 0 Å². The molecule has 7 heteroatoms. The molecule has 0 aliphatic carbocycles. The van der Waals surface area contributed by atoms with Crippen LogP contribution in [0.15, 0.2) is 42.7 Å². The summed E-state index contributed by atoms with van der Waals surface area (Å²) in [6, 6.07) is 9.51. The molecule has 28 heavy (non-hydrogen) atoms. The van der Waals surface area contributed by atoms with E-state index in [0.717, 1.165) is 24.1 Å². The van der Waals surface area contributed by atoms with Crippen LogP contribution in [0, 0.1) is 0 Å². The number of nitrogens with one attached hydrogen (secondary N) is 1. The largest absolute Gasteiger partial charge is 0.444 e. The number of hydrogen-bond donors (Lipinski definition) is 1. The van der Waals surface area contributed by atoms with Gasteiger partial charge < -0.3 is 10.1 Å². The minimum atomic E-state index is -0.566. The Labute approximate surface area is 165 Å². The van der Waals surface area contributed by atoms with Crippen molar-refractivity contribution >= 4 is 12.0 Å². The summed E-state index contributed by atoms with van der Waals surface area (Å²) in [7, 11) is 0. The van der Waals surface area contributed by atoms with Gasteiger partial charge in [0.2, 0.25) is 5.91 Å². The Morgan fingerprint density at radius 2 is 2.00 bits per heavy atom. The number of rotatable bonds is 5. The number of likely N-dealkylation sites (tertiary alicyclic amines) is 1. The summed E-state index contributed by atoms with van der Waals surface area (Å²) in [5.41, 5.74) is 1.56. The van der Waals surface area contributed by atoms with Crippen LogP contribution in [0.2, 0.25) is 0 Å². The number of ether oxygens (including phenoxy) is 1. The fraction of sp³-hybridized carbons (Fsp3) is 0.476. The molecule has 1 aromatic heterocycles. The lowest BCUT2D eigenvalue weighted by Crippen LogP contribution is -2.47. The van der Waals surface area contributed by atoms with Crippen LogP contribution in [0.4, 0.5) is 4.79 Å². The molecule has 0 saturated carbocycles. The first-order valence-electron chi connectivity index (χ1n) is 9.70. The summed E-state index contributed by atoms with van der Waals surface area (Å²) in [5, 5.41) is 7.16. The van der Waals surface area contributed by atoms with Gasteiger partial charge in [-0.3, -0.25) is 9.69 Å². The molecule has 0 bridgehead atoms. The molecule has 2 amide bonds. The normalized spacial score (nSPS) is 16.8. The molecule has 1 atom stereocenters. The molecule has 7 nitrogen and oxygen atoms in total. The highest BCUT2D eigenvalue weighted by Crippen LogP contribution is 2.21. The second-order valence-electron chi connectivity index (χ2n) is 7.99.